The zero-order valence-corrected chi connectivity index (χ0v) is 26.8. The van der Waals surface area contributed by atoms with Crippen LogP contribution in [-0.2, 0) is 65.4 Å². The lowest BCUT2D eigenvalue weighted by molar-refractivity contribution is -0.288. The molecule has 13 nitrogen and oxygen atoms in total. The highest BCUT2D eigenvalue weighted by atomic mass is 16.7. The van der Waals surface area contributed by atoms with E-state index in [1.807, 2.05) is 31.2 Å². The number of hydrogen-bond donors (Lipinski definition) is 0. The summed E-state index contributed by atoms with van der Waals surface area (Å²) in [6, 6.07) is 12.8. The second-order valence-corrected chi connectivity index (χ2v) is 10.6. The summed E-state index contributed by atoms with van der Waals surface area (Å²) in [5, 5.41) is 0. The van der Waals surface area contributed by atoms with Crippen LogP contribution in [0.25, 0.3) is 0 Å². The summed E-state index contributed by atoms with van der Waals surface area (Å²) in [4.78, 5) is 59.7. The van der Waals surface area contributed by atoms with Crippen molar-refractivity contribution < 1.29 is 61.9 Å². The summed E-state index contributed by atoms with van der Waals surface area (Å²) in [5.41, 5.74) is 2.19. The molecule has 0 unspecified atom stereocenters. The van der Waals surface area contributed by atoms with Gasteiger partial charge in [-0.1, -0.05) is 31.2 Å². The normalized spacial score (nSPS) is 20.5. The number of benzene rings is 2. The lowest BCUT2D eigenvalue weighted by Crippen LogP contribution is -2.63. The van der Waals surface area contributed by atoms with E-state index in [1.54, 1.807) is 18.2 Å². The maximum Gasteiger partial charge on any atom is 0.303 e. The summed E-state index contributed by atoms with van der Waals surface area (Å²) >= 11 is 0. The molecule has 0 N–H and O–H groups in total. The first kappa shape index (κ1) is 35.8. The summed E-state index contributed by atoms with van der Waals surface area (Å²) in [6.07, 6.45) is -5.49. The second kappa shape index (κ2) is 17.2. The Morgan fingerprint density at radius 1 is 0.696 bits per heavy atom. The number of ether oxygens (including phenoxy) is 8. The molecule has 0 aromatic heterocycles. The molecule has 1 aliphatic rings. The van der Waals surface area contributed by atoms with Crippen LogP contribution in [0, 0.1) is 0 Å². The van der Waals surface area contributed by atoms with E-state index in [0.29, 0.717) is 24.2 Å². The van der Waals surface area contributed by atoms with E-state index in [4.69, 9.17) is 37.9 Å². The van der Waals surface area contributed by atoms with Gasteiger partial charge in [0.25, 0.3) is 0 Å². The largest absolute Gasteiger partial charge is 0.494 e. The zero-order valence-electron chi connectivity index (χ0n) is 26.8. The van der Waals surface area contributed by atoms with Gasteiger partial charge >= 0.3 is 29.8 Å². The predicted octanol–water partition coefficient (Wildman–Crippen LogP) is 3.59. The van der Waals surface area contributed by atoms with Gasteiger partial charge in [-0.3, -0.25) is 24.0 Å². The van der Waals surface area contributed by atoms with Gasteiger partial charge in [-0.2, -0.15) is 0 Å². The molecule has 46 heavy (non-hydrogen) atoms. The number of carbonyl (C=O) groups is 5. The summed E-state index contributed by atoms with van der Waals surface area (Å²) in [6.45, 7) is 8.06. The molecule has 3 rings (SSSR count). The van der Waals surface area contributed by atoms with Crippen LogP contribution in [0.3, 0.4) is 0 Å². The number of hydrogen-bond acceptors (Lipinski definition) is 13. The van der Waals surface area contributed by atoms with Crippen molar-refractivity contribution in [3.63, 3.8) is 0 Å². The highest BCUT2D eigenvalue weighted by Gasteiger charge is 2.53. The van der Waals surface area contributed by atoms with Crippen LogP contribution >= 0.6 is 0 Å². The van der Waals surface area contributed by atoms with Crippen LogP contribution in [0.15, 0.2) is 42.5 Å². The van der Waals surface area contributed by atoms with Gasteiger partial charge in [0, 0.05) is 41.0 Å². The minimum atomic E-state index is -1.44. The molecule has 1 heterocycles. The SMILES string of the molecule is CCCOc1ccc(Cc2ccc(COC(C)=O)cc2O[C@H]2O[C@H](COC(C)=O)[C@@H](OC(C)=O)[C@H](OC(C)=O)[C@H]2OC(C)=O)cc1. The Morgan fingerprint density at radius 3 is 1.87 bits per heavy atom. The molecule has 0 saturated carbocycles. The Balaban J connectivity index is 2.05. The summed E-state index contributed by atoms with van der Waals surface area (Å²) < 4.78 is 45.0. The van der Waals surface area contributed by atoms with Crippen LogP contribution in [0.2, 0.25) is 0 Å². The van der Waals surface area contributed by atoms with Crippen molar-refractivity contribution in [2.24, 2.45) is 0 Å². The fraction of sp³-hybridized carbons (Fsp3) is 0.485. The molecule has 250 valence electrons. The average molecular weight is 645 g/mol. The van der Waals surface area contributed by atoms with Crippen molar-refractivity contribution in [3.05, 3.63) is 59.2 Å². The molecule has 2 aromatic carbocycles. The predicted molar refractivity (Wildman–Crippen MR) is 160 cm³/mol. The topological polar surface area (TPSA) is 159 Å². The van der Waals surface area contributed by atoms with E-state index in [-0.39, 0.29) is 12.4 Å². The fourth-order valence-corrected chi connectivity index (χ4v) is 4.68. The van der Waals surface area contributed by atoms with E-state index in [2.05, 4.69) is 0 Å². The van der Waals surface area contributed by atoms with Gasteiger partial charge in [0.2, 0.25) is 12.4 Å². The van der Waals surface area contributed by atoms with E-state index < -0.39 is 67.2 Å². The first-order valence-corrected chi connectivity index (χ1v) is 14.8. The lowest BCUT2D eigenvalue weighted by atomic mass is 9.97. The Bertz CT molecular complexity index is 1370. The first-order chi connectivity index (χ1) is 21.9. The molecule has 0 amide bonds. The smallest absolute Gasteiger partial charge is 0.303 e. The van der Waals surface area contributed by atoms with Gasteiger partial charge in [0.15, 0.2) is 12.2 Å². The molecule has 0 spiro atoms. The van der Waals surface area contributed by atoms with Crippen molar-refractivity contribution in [2.45, 2.75) is 91.7 Å². The van der Waals surface area contributed by atoms with Gasteiger partial charge < -0.3 is 37.9 Å². The zero-order chi connectivity index (χ0) is 33.8. The molecule has 5 atom stereocenters. The number of carbonyl (C=O) groups excluding carboxylic acids is 5. The van der Waals surface area contributed by atoms with E-state index in [1.165, 1.54) is 13.8 Å². The lowest BCUT2D eigenvalue weighted by Gasteiger charge is -2.44. The van der Waals surface area contributed by atoms with Crippen LogP contribution in [-0.4, -0.2) is 73.8 Å². The van der Waals surface area contributed by atoms with Crippen molar-refractivity contribution in [2.75, 3.05) is 13.2 Å². The van der Waals surface area contributed by atoms with Crippen LogP contribution in [0.5, 0.6) is 11.5 Å². The Morgan fingerprint density at radius 2 is 1.28 bits per heavy atom. The van der Waals surface area contributed by atoms with Gasteiger partial charge in [0.05, 0.1) is 6.61 Å². The van der Waals surface area contributed by atoms with E-state index in [0.717, 1.165) is 38.5 Å². The van der Waals surface area contributed by atoms with Gasteiger partial charge in [-0.05, 0) is 41.3 Å². The van der Waals surface area contributed by atoms with Gasteiger partial charge in [-0.15, -0.1) is 0 Å². The van der Waals surface area contributed by atoms with E-state index >= 15 is 0 Å². The maximum atomic E-state index is 12.3. The maximum absolute atomic E-state index is 12.3. The third kappa shape index (κ3) is 11.1. The molecule has 0 radical (unpaired) electrons. The third-order valence-electron chi connectivity index (χ3n) is 6.56. The number of rotatable bonds is 14. The van der Waals surface area contributed by atoms with Gasteiger partial charge in [0.1, 0.15) is 30.8 Å². The first-order valence-electron chi connectivity index (χ1n) is 14.8. The molecule has 0 bridgehead atoms. The van der Waals surface area contributed by atoms with Crippen molar-refractivity contribution in [1.29, 1.82) is 0 Å². The standard InChI is InChI=1S/C33H40O13/c1-7-14-39-27-12-9-24(10-13-27)15-26-11-8-25(17-40-19(2)34)16-28(26)45-33-32(44-23(6)38)31(43-22(5)37)30(42-21(4)36)29(46-33)18-41-20(3)35/h8-13,16,29-33H,7,14-15,17-18H2,1-6H3/t29-,30-,31+,32-,33+/m1/s1. The molecule has 2 aromatic rings. The molecule has 1 saturated heterocycles. The monoisotopic (exact) mass is 644 g/mol. The molecule has 13 heteroatoms. The quantitative estimate of drug-likeness (QED) is 0.217. The molecular weight excluding hydrogens is 604 g/mol. The van der Waals surface area contributed by atoms with Crippen molar-refractivity contribution in [3.8, 4) is 11.5 Å². The third-order valence-corrected chi connectivity index (χ3v) is 6.56. The molecule has 0 aliphatic carbocycles. The Hall–Kier alpha value is -4.65. The molecular formula is C33H40O13. The van der Waals surface area contributed by atoms with Crippen LogP contribution in [0.1, 0.15) is 64.7 Å². The fourth-order valence-electron chi connectivity index (χ4n) is 4.68. The minimum Gasteiger partial charge on any atom is -0.494 e. The number of esters is 5. The molecule has 1 aliphatic heterocycles. The Labute approximate surface area is 267 Å². The minimum absolute atomic E-state index is 0.0476. The Kier molecular flexibility index (Phi) is 13.4. The average Bonchev–Trinajstić information content (AvgIpc) is 2.98. The highest BCUT2D eigenvalue weighted by molar-refractivity contribution is 5.69. The van der Waals surface area contributed by atoms with Crippen LogP contribution < -0.4 is 9.47 Å². The van der Waals surface area contributed by atoms with Crippen LogP contribution in [0.4, 0.5) is 0 Å². The molecule has 1 fully saturated rings. The van der Waals surface area contributed by atoms with Crippen molar-refractivity contribution in [1.82, 2.24) is 0 Å². The summed E-state index contributed by atoms with van der Waals surface area (Å²) in [5.74, 6) is -2.37. The second-order valence-electron chi connectivity index (χ2n) is 10.6. The highest BCUT2D eigenvalue weighted by Crippen LogP contribution is 2.33. The van der Waals surface area contributed by atoms with Gasteiger partial charge in [-0.25, -0.2) is 0 Å². The van der Waals surface area contributed by atoms with Crippen molar-refractivity contribution >= 4 is 29.8 Å². The summed E-state index contributed by atoms with van der Waals surface area (Å²) in [7, 11) is 0. The van der Waals surface area contributed by atoms with E-state index in [9.17, 15) is 24.0 Å².